The van der Waals surface area contributed by atoms with Gasteiger partial charge in [-0.25, -0.2) is 0 Å². The van der Waals surface area contributed by atoms with Crippen molar-refractivity contribution in [1.82, 2.24) is 16.0 Å². The van der Waals surface area contributed by atoms with Crippen LogP contribution in [0, 0.1) is 5.92 Å². The summed E-state index contributed by atoms with van der Waals surface area (Å²) < 4.78 is 0.0155. The molecule has 2 heterocycles. The maximum absolute atomic E-state index is 13.2. The van der Waals surface area contributed by atoms with Crippen molar-refractivity contribution in [3.8, 4) is 0 Å². The first-order valence-electron chi connectivity index (χ1n) is 11.5. The van der Waals surface area contributed by atoms with Crippen LogP contribution in [0.3, 0.4) is 0 Å². The molecule has 0 aromatic heterocycles. The highest BCUT2D eigenvalue weighted by atomic mass is 33.1. The van der Waals surface area contributed by atoms with Crippen LogP contribution in [0.4, 0.5) is 0 Å². The average Bonchev–Trinajstić information content (AvgIpc) is 3.51. The summed E-state index contributed by atoms with van der Waals surface area (Å²) in [5, 5.41) is 7.71. The third-order valence-corrected chi connectivity index (χ3v) is 9.63. The topological polar surface area (TPSA) is 173 Å². The molecule has 1 aromatic rings. The van der Waals surface area contributed by atoms with Crippen LogP contribution in [0.15, 0.2) is 30.3 Å². The fourth-order valence-corrected chi connectivity index (χ4v) is 7.73. The van der Waals surface area contributed by atoms with E-state index in [1.807, 2.05) is 5.32 Å². The number of benzene rings is 1. The standard InChI is InChI=1S/C23H31N5O5S2/c1-2-14(19(30)15-10-23(12-26-15)8-9-34-35-23)17(25)20(31)22(33)28-21(32)18(27-16(29)11-24)13-6-4-3-5-7-13/h3-7,14-15,17-18,26H,2,8-12,24-25H2,1H3,(H,27,29)(H,28,32,33)/t14?,15?,17?,18-,23?/m0/s1. The SMILES string of the molecule is CCC(C(=O)C1CC2(CCSS2)CN1)C(N)C(=O)C(=O)NC(=O)[C@@H](NC(=O)CN)c1ccccc1. The quantitative estimate of drug-likeness (QED) is 0.205. The van der Waals surface area contributed by atoms with Crippen LogP contribution in [0.1, 0.15) is 37.8 Å². The molecule has 3 amide bonds. The Morgan fingerprint density at radius 2 is 1.91 bits per heavy atom. The summed E-state index contributed by atoms with van der Waals surface area (Å²) in [5.41, 5.74) is 11.8. The van der Waals surface area contributed by atoms with Crippen LogP contribution in [0.5, 0.6) is 0 Å². The van der Waals surface area contributed by atoms with Gasteiger partial charge in [-0.2, -0.15) is 0 Å². The Morgan fingerprint density at radius 3 is 2.51 bits per heavy atom. The van der Waals surface area contributed by atoms with Crippen molar-refractivity contribution in [3.05, 3.63) is 35.9 Å². The van der Waals surface area contributed by atoms with E-state index in [4.69, 9.17) is 11.5 Å². The first-order chi connectivity index (χ1) is 16.7. The number of hydrogen-bond donors (Lipinski definition) is 5. The summed E-state index contributed by atoms with van der Waals surface area (Å²) >= 11 is 0. The van der Waals surface area contributed by atoms with E-state index in [1.54, 1.807) is 58.8 Å². The molecule has 0 radical (unpaired) electrons. The average molecular weight is 522 g/mol. The molecule has 2 aliphatic heterocycles. The number of ketones is 2. The lowest BCUT2D eigenvalue weighted by atomic mass is 9.85. The highest BCUT2D eigenvalue weighted by Gasteiger charge is 2.47. The van der Waals surface area contributed by atoms with E-state index in [0.29, 0.717) is 18.5 Å². The summed E-state index contributed by atoms with van der Waals surface area (Å²) in [5.74, 6) is -3.83. The van der Waals surface area contributed by atoms with Crippen LogP contribution < -0.4 is 27.4 Å². The zero-order valence-electron chi connectivity index (χ0n) is 19.5. The Kier molecular flexibility index (Phi) is 9.47. The van der Waals surface area contributed by atoms with Crippen LogP contribution in [0.2, 0.25) is 0 Å². The van der Waals surface area contributed by atoms with Crippen LogP contribution in [-0.4, -0.2) is 65.0 Å². The molecule has 1 aromatic carbocycles. The molecule has 1 spiro atoms. The van der Waals surface area contributed by atoms with Gasteiger partial charge in [0.15, 0.2) is 5.78 Å². The maximum atomic E-state index is 13.2. The van der Waals surface area contributed by atoms with Gasteiger partial charge < -0.3 is 22.1 Å². The number of amides is 3. The molecule has 7 N–H and O–H groups in total. The van der Waals surface area contributed by atoms with Crippen LogP contribution in [0.25, 0.3) is 0 Å². The fraction of sp³-hybridized carbons (Fsp3) is 0.522. The highest BCUT2D eigenvalue weighted by Crippen LogP contribution is 2.51. The molecule has 35 heavy (non-hydrogen) atoms. The molecule has 2 fully saturated rings. The normalized spacial score (nSPS) is 23.9. The lowest BCUT2D eigenvalue weighted by Gasteiger charge is -2.24. The minimum atomic E-state index is -1.39. The molecular weight excluding hydrogens is 490 g/mol. The van der Waals surface area contributed by atoms with Crippen molar-refractivity contribution in [1.29, 1.82) is 0 Å². The van der Waals surface area contributed by atoms with E-state index in [0.717, 1.165) is 12.2 Å². The molecule has 2 aliphatic rings. The van der Waals surface area contributed by atoms with Crippen molar-refractivity contribution < 1.29 is 24.0 Å². The number of nitrogens with two attached hydrogens (primary N) is 2. The monoisotopic (exact) mass is 521 g/mol. The van der Waals surface area contributed by atoms with Gasteiger partial charge in [0.2, 0.25) is 11.7 Å². The number of carbonyl (C=O) groups excluding carboxylic acids is 5. The Hall–Kier alpha value is -2.25. The zero-order chi connectivity index (χ0) is 25.6. The minimum absolute atomic E-state index is 0.0155. The molecule has 0 aliphatic carbocycles. The van der Waals surface area contributed by atoms with E-state index in [1.165, 1.54) is 0 Å². The molecule has 4 unspecified atom stereocenters. The first kappa shape index (κ1) is 27.3. The van der Waals surface area contributed by atoms with Crippen molar-refractivity contribution in [2.75, 3.05) is 18.8 Å². The smallest absolute Gasteiger partial charge is 0.295 e. The third-order valence-electron chi connectivity index (χ3n) is 6.35. The van der Waals surface area contributed by atoms with Gasteiger partial charge >= 0.3 is 0 Å². The van der Waals surface area contributed by atoms with Gasteiger partial charge in [0.25, 0.3) is 11.8 Å². The van der Waals surface area contributed by atoms with E-state index in [2.05, 4.69) is 10.6 Å². The Bertz CT molecular complexity index is 970. The first-order valence-corrected chi connectivity index (χ1v) is 13.8. The lowest BCUT2D eigenvalue weighted by molar-refractivity contribution is -0.143. The Balaban J connectivity index is 1.65. The van der Waals surface area contributed by atoms with Gasteiger partial charge in [0.05, 0.1) is 18.6 Å². The second kappa shape index (κ2) is 12.1. The van der Waals surface area contributed by atoms with Crippen molar-refractivity contribution >= 4 is 50.9 Å². The molecule has 5 atom stereocenters. The molecule has 2 saturated heterocycles. The predicted molar refractivity (Wildman–Crippen MR) is 135 cm³/mol. The van der Waals surface area contributed by atoms with Gasteiger partial charge in [-0.15, -0.1) is 0 Å². The van der Waals surface area contributed by atoms with E-state index in [-0.39, 0.29) is 23.5 Å². The maximum Gasteiger partial charge on any atom is 0.295 e. The van der Waals surface area contributed by atoms with E-state index < -0.39 is 47.5 Å². The second-order valence-electron chi connectivity index (χ2n) is 8.72. The Morgan fingerprint density at radius 1 is 1.20 bits per heavy atom. The molecule has 190 valence electrons. The van der Waals surface area contributed by atoms with E-state index in [9.17, 15) is 24.0 Å². The number of rotatable bonds is 10. The van der Waals surface area contributed by atoms with Gasteiger partial charge in [0, 0.05) is 23.0 Å². The molecule has 0 bridgehead atoms. The van der Waals surface area contributed by atoms with Crippen LogP contribution in [-0.2, 0) is 24.0 Å². The van der Waals surface area contributed by atoms with Gasteiger partial charge in [-0.1, -0.05) is 58.8 Å². The largest absolute Gasteiger partial charge is 0.339 e. The molecule has 0 saturated carbocycles. The molecule has 12 heteroatoms. The van der Waals surface area contributed by atoms with Gasteiger partial charge in [-0.3, -0.25) is 29.3 Å². The number of Topliss-reactive ketones (excluding diaryl/α,β-unsaturated/α-hetero) is 2. The molecular formula is C23H31N5O5S2. The summed E-state index contributed by atoms with van der Waals surface area (Å²) in [6.45, 7) is 2.09. The van der Waals surface area contributed by atoms with Crippen molar-refractivity contribution in [2.45, 2.75) is 49.1 Å². The number of hydrogen-bond acceptors (Lipinski definition) is 10. The Labute approximate surface area is 211 Å². The molecule has 10 nitrogen and oxygen atoms in total. The lowest BCUT2D eigenvalue weighted by Crippen LogP contribution is -2.53. The number of nitrogens with one attached hydrogen (secondary N) is 3. The number of imide groups is 1. The predicted octanol–water partition coefficient (Wildman–Crippen LogP) is -0.177. The van der Waals surface area contributed by atoms with Gasteiger partial charge in [0.1, 0.15) is 6.04 Å². The van der Waals surface area contributed by atoms with Crippen LogP contribution >= 0.6 is 21.6 Å². The summed E-state index contributed by atoms with van der Waals surface area (Å²) in [6, 6.07) is 5.18. The zero-order valence-corrected chi connectivity index (χ0v) is 21.1. The van der Waals surface area contributed by atoms with Gasteiger partial charge in [-0.05, 0) is 24.8 Å². The minimum Gasteiger partial charge on any atom is -0.339 e. The van der Waals surface area contributed by atoms with Crippen molar-refractivity contribution in [3.63, 3.8) is 0 Å². The second-order valence-corrected chi connectivity index (χ2v) is 11.6. The third kappa shape index (κ3) is 6.50. The summed E-state index contributed by atoms with van der Waals surface area (Å²) in [4.78, 5) is 63.2. The fourth-order valence-electron chi connectivity index (χ4n) is 4.35. The van der Waals surface area contributed by atoms with E-state index >= 15 is 0 Å². The highest BCUT2D eigenvalue weighted by molar-refractivity contribution is 8.77. The van der Waals surface area contributed by atoms with Crippen molar-refractivity contribution in [2.24, 2.45) is 17.4 Å². The molecule has 3 rings (SSSR count). The summed E-state index contributed by atoms with van der Waals surface area (Å²) in [6.07, 6.45) is 1.94. The summed E-state index contributed by atoms with van der Waals surface area (Å²) in [7, 11) is 3.58. The number of carbonyl (C=O) groups is 5.